The number of hydrogen-bond donors (Lipinski definition) is 0. The smallest absolute Gasteiger partial charge is 0.0533 e. The highest BCUT2D eigenvalue weighted by Crippen LogP contribution is 1.79. The molecule has 0 aromatic rings. The minimum Gasteiger partial charge on any atom is -0.159 e. The Hall–Kier alpha value is -0.370. The molecule has 0 spiro atoms. The molecule has 0 aromatic heterocycles. The topological polar surface area (TPSA) is 22.3 Å². The van der Waals surface area contributed by atoms with Crippen LogP contribution < -0.4 is 5.73 Å². The van der Waals surface area contributed by atoms with E-state index in [1.165, 1.54) is 5.37 Å². The van der Waals surface area contributed by atoms with Crippen LogP contribution in [-0.4, -0.2) is 5.37 Å². The maximum Gasteiger partial charge on any atom is 0.0533 e. The van der Waals surface area contributed by atoms with Crippen molar-refractivity contribution in [3.05, 3.63) is 11.8 Å². The molecule has 0 unspecified atom stereocenters. The van der Waals surface area contributed by atoms with Gasteiger partial charge in [0.05, 0.1) is 6.20 Å². The second kappa shape index (κ2) is 2.85. The van der Waals surface area contributed by atoms with Crippen LogP contribution in [0.3, 0.4) is 0 Å². The first kappa shape index (κ1) is 5.63. The second-order valence-corrected chi connectivity index (χ2v) is 1.23. The van der Waals surface area contributed by atoms with E-state index >= 15 is 0 Å². The lowest BCUT2D eigenvalue weighted by Gasteiger charge is -1.74. The third-order valence-corrected chi connectivity index (χ3v) is 0.761. The van der Waals surface area contributed by atoms with E-state index in [9.17, 15) is 0 Å². The van der Waals surface area contributed by atoms with Crippen molar-refractivity contribution >= 4 is 17.6 Å². The summed E-state index contributed by atoms with van der Waals surface area (Å²) >= 11 is 4.42. The van der Waals surface area contributed by atoms with Crippen molar-refractivity contribution in [1.82, 2.24) is 5.73 Å². The first-order chi connectivity index (χ1) is 2.81. The van der Waals surface area contributed by atoms with Gasteiger partial charge >= 0.3 is 0 Å². The van der Waals surface area contributed by atoms with Crippen LogP contribution in [-0.2, 0) is 0 Å². The van der Waals surface area contributed by atoms with Crippen LogP contribution in [0, 0.1) is 0 Å². The molecule has 2 heteroatoms. The number of nitrogens with zero attached hydrogens (tertiary/aromatic N) is 1. The van der Waals surface area contributed by atoms with Gasteiger partial charge in [-0.1, -0.05) is 12.2 Å². The van der Waals surface area contributed by atoms with E-state index in [1.54, 1.807) is 6.92 Å². The van der Waals surface area contributed by atoms with Crippen LogP contribution in [0.5, 0.6) is 0 Å². The average Bonchev–Trinajstić information content (AvgIpc) is 1.65. The summed E-state index contributed by atoms with van der Waals surface area (Å²) in [6.45, 7) is 1.73. The molecule has 6 heavy (non-hydrogen) atoms. The molecule has 0 saturated heterocycles. The molecule has 0 saturated carbocycles. The van der Waals surface area contributed by atoms with Crippen LogP contribution in [0.15, 0.2) is 11.8 Å². The van der Waals surface area contributed by atoms with E-state index in [1.807, 2.05) is 0 Å². The lowest BCUT2D eigenvalue weighted by Crippen LogP contribution is -1.70. The summed E-state index contributed by atoms with van der Waals surface area (Å²) in [7, 11) is 0. The van der Waals surface area contributed by atoms with Gasteiger partial charge in [0.2, 0.25) is 0 Å². The van der Waals surface area contributed by atoms with E-state index in [0.29, 0.717) is 5.57 Å². The van der Waals surface area contributed by atoms with Gasteiger partial charge in [-0.25, -0.2) is 0 Å². The molecule has 0 aliphatic rings. The van der Waals surface area contributed by atoms with Crippen molar-refractivity contribution in [2.75, 3.05) is 0 Å². The molecule has 0 rings (SSSR count). The van der Waals surface area contributed by atoms with Crippen molar-refractivity contribution in [2.24, 2.45) is 0 Å². The molecule has 0 aromatic carbocycles. The Morgan fingerprint density at radius 2 is 2.33 bits per heavy atom. The molecule has 1 nitrogen and oxygen atoms in total. The highest BCUT2D eigenvalue weighted by Gasteiger charge is 1.71. The molecule has 0 heterocycles. The molecule has 32 valence electrons. The number of allylic oxidation sites excluding steroid dienone is 1. The quantitative estimate of drug-likeness (QED) is 0.354. The van der Waals surface area contributed by atoms with Gasteiger partial charge in [0.15, 0.2) is 0 Å². The Balaban J connectivity index is 3.50. The minimum absolute atomic E-state index is 0.713. The first-order valence-corrected chi connectivity index (χ1v) is 2.04. The first-order valence-electron chi connectivity index (χ1n) is 1.57. The molecule has 0 amide bonds. The molecule has 0 atom stereocenters. The minimum atomic E-state index is 0.713. The zero-order valence-corrected chi connectivity index (χ0v) is 4.33. The van der Waals surface area contributed by atoms with E-state index < -0.39 is 0 Å². The van der Waals surface area contributed by atoms with Crippen LogP contribution in [0.2, 0.25) is 0 Å². The molecule has 0 fully saturated rings. The van der Waals surface area contributed by atoms with Crippen molar-refractivity contribution in [1.29, 1.82) is 0 Å². The number of rotatable bonds is 1. The lowest BCUT2D eigenvalue weighted by molar-refractivity contribution is 1.45. The molecule has 0 aliphatic carbocycles. The van der Waals surface area contributed by atoms with Gasteiger partial charge in [0.25, 0.3) is 0 Å². The standard InChI is InChI=1S/C4H5NS/c1-4(2-5)3-6/h2-3H,1H3/b4-2-. The summed E-state index contributed by atoms with van der Waals surface area (Å²) in [4.78, 5) is 0. The average molecular weight is 99.2 g/mol. The zero-order chi connectivity index (χ0) is 4.99. The highest BCUT2D eigenvalue weighted by atomic mass is 32.1. The van der Waals surface area contributed by atoms with E-state index in [0.717, 1.165) is 6.20 Å². The van der Waals surface area contributed by atoms with Crippen molar-refractivity contribution in [2.45, 2.75) is 6.92 Å². The summed E-state index contributed by atoms with van der Waals surface area (Å²) in [6.07, 6.45) is 0.979. The second-order valence-electron chi connectivity index (χ2n) is 0.991. The van der Waals surface area contributed by atoms with Gasteiger partial charge in [0, 0.05) is 5.37 Å². The van der Waals surface area contributed by atoms with Crippen LogP contribution in [0.4, 0.5) is 0 Å². The van der Waals surface area contributed by atoms with E-state index in [-0.39, 0.29) is 0 Å². The van der Waals surface area contributed by atoms with Gasteiger partial charge in [-0.05, 0) is 12.5 Å². The maximum atomic E-state index is 8.07. The van der Waals surface area contributed by atoms with Crippen molar-refractivity contribution in [3.8, 4) is 0 Å². The van der Waals surface area contributed by atoms with E-state index in [4.69, 9.17) is 5.73 Å². The fourth-order valence-electron chi connectivity index (χ4n) is 0.0304. The van der Waals surface area contributed by atoms with Gasteiger partial charge in [-0.3, -0.25) is 0 Å². The normalized spacial score (nSPS) is 11.2. The van der Waals surface area contributed by atoms with E-state index in [2.05, 4.69) is 12.2 Å². The van der Waals surface area contributed by atoms with Crippen molar-refractivity contribution in [3.63, 3.8) is 0 Å². The Morgan fingerprint density at radius 3 is 2.33 bits per heavy atom. The van der Waals surface area contributed by atoms with Gasteiger partial charge in [0.1, 0.15) is 0 Å². The molecule has 0 bridgehead atoms. The number of hydrogen-bond acceptors (Lipinski definition) is 1. The van der Waals surface area contributed by atoms with Gasteiger partial charge in [-0.2, -0.15) is 5.73 Å². The predicted octanol–water partition coefficient (Wildman–Crippen LogP) is 0.959. The highest BCUT2D eigenvalue weighted by molar-refractivity contribution is 7.79. The molecular weight excluding hydrogens is 94.1 g/mol. The summed E-state index contributed by atoms with van der Waals surface area (Å²) in [5.41, 5.74) is 8.79. The Morgan fingerprint density at radius 1 is 1.83 bits per heavy atom. The third kappa shape index (κ3) is 1.91. The zero-order valence-electron chi connectivity index (χ0n) is 3.51. The fourth-order valence-corrected chi connectivity index (χ4v) is 0.0913. The Labute approximate surface area is 42.8 Å². The predicted molar refractivity (Wildman–Crippen MR) is 29.5 cm³/mol. The largest absolute Gasteiger partial charge is 0.159 e. The summed E-state index contributed by atoms with van der Waals surface area (Å²) < 4.78 is 0. The Bertz CT molecular complexity index is 75.6. The molecule has 0 aliphatic heterocycles. The Kier molecular flexibility index (Phi) is 2.67. The fraction of sp³-hybridized carbons (Fsp3) is 0.250. The van der Waals surface area contributed by atoms with Crippen LogP contribution >= 0.6 is 12.2 Å². The monoisotopic (exact) mass is 99.0 g/mol. The SMILES string of the molecule is C/C(C=S)=C/[N]. The molecule has 2 radical (unpaired) electrons. The molecular formula is C4H5NS. The summed E-state index contributed by atoms with van der Waals surface area (Å²) in [6, 6.07) is 0. The summed E-state index contributed by atoms with van der Waals surface area (Å²) in [5.74, 6) is 0. The van der Waals surface area contributed by atoms with Gasteiger partial charge in [-0.15, -0.1) is 0 Å². The lowest BCUT2D eigenvalue weighted by atomic mass is 10.4. The molecule has 0 N–H and O–H groups in total. The number of thiocarbonyl (C=S) groups is 1. The maximum absolute atomic E-state index is 8.07. The van der Waals surface area contributed by atoms with Crippen LogP contribution in [0.1, 0.15) is 6.92 Å². The third-order valence-electron chi connectivity index (χ3n) is 0.390. The van der Waals surface area contributed by atoms with Crippen LogP contribution in [0.25, 0.3) is 0 Å². The van der Waals surface area contributed by atoms with Gasteiger partial charge < -0.3 is 0 Å². The summed E-state index contributed by atoms with van der Waals surface area (Å²) in [5, 5.41) is 1.42. The van der Waals surface area contributed by atoms with Crippen molar-refractivity contribution < 1.29 is 0 Å².